The lowest BCUT2D eigenvalue weighted by molar-refractivity contribution is 0.205. The molecule has 0 radical (unpaired) electrons. The van der Waals surface area contributed by atoms with Crippen molar-refractivity contribution in [3.05, 3.63) is 33.4 Å². The molecule has 0 aromatic heterocycles. The molecule has 2 rings (SSSR count). The fourth-order valence-corrected chi connectivity index (χ4v) is 2.32. The van der Waals surface area contributed by atoms with Crippen LogP contribution in [-0.2, 0) is 6.54 Å². The van der Waals surface area contributed by atoms with E-state index in [4.69, 9.17) is 5.73 Å². The molecule has 82 valence electrons. The van der Waals surface area contributed by atoms with Gasteiger partial charge in [0.1, 0.15) is 0 Å². The lowest BCUT2D eigenvalue weighted by Gasteiger charge is -2.30. The number of benzene rings is 1. The quantitative estimate of drug-likeness (QED) is 0.848. The first kappa shape index (κ1) is 11.4. The maximum Gasteiger partial charge on any atom is 0.0233 e. The van der Waals surface area contributed by atoms with Crippen LogP contribution in [0, 0.1) is 3.57 Å². The molecule has 1 aliphatic heterocycles. The molecule has 0 saturated carbocycles. The summed E-state index contributed by atoms with van der Waals surface area (Å²) < 4.78 is 1.30. The number of piperidine rings is 1. The maximum atomic E-state index is 5.88. The Kier molecular flexibility index (Phi) is 3.99. The van der Waals surface area contributed by atoms with E-state index in [1.54, 1.807) is 0 Å². The molecule has 0 amide bonds. The lowest BCUT2D eigenvalue weighted by atomic mass is 10.1. The molecule has 1 fully saturated rings. The maximum absolute atomic E-state index is 5.88. The summed E-state index contributed by atoms with van der Waals surface area (Å²) >= 11 is 2.34. The van der Waals surface area contributed by atoms with Gasteiger partial charge in [0.25, 0.3) is 0 Å². The summed E-state index contributed by atoms with van der Waals surface area (Å²) in [4.78, 5) is 2.49. The summed E-state index contributed by atoms with van der Waals surface area (Å²) in [5.41, 5.74) is 7.29. The van der Waals surface area contributed by atoms with Gasteiger partial charge in [-0.3, -0.25) is 4.90 Å². The van der Waals surface area contributed by atoms with Gasteiger partial charge in [-0.2, -0.15) is 0 Å². The van der Waals surface area contributed by atoms with Crippen molar-refractivity contribution in [2.45, 2.75) is 25.4 Å². The molecular formula is C12H17IN2. The first-order valence-electron chi connectivity index (χ1n) is 5.46. The van der Waals surface area contributed by atoms with Crippen molar-refractivity contribution in [2.75, 3.05) is 13.1 Å². The Labute approximate surface area is 105 Å². The van der Waals surface area contributed by atoms with Crippen LogP contribution in [0.25, 0.3) is 0 Å². The highest BCUT2D eigenvalue weighted by atomic mass is 127. The van der Waals surface area contributed by atoms with E-state index in [0.717, 1.165) is 32.5 Å². The zero-order valence-electron chi connectivity index (χ0n) is 8.82. The number of rotatable bonds is 2. The topological polar surface area (TPSA) is 29.3 Å². The Morgan fingerprint density at radius 1 is 1.20 bits per heavy atom. The highest BCUT2D eigenvalue weighted by Gasteiger charge is 2.15. The van der Waals surface area contributed by atoms with Gasteiger partial charge in [-0.25, -0.2) is 0 Å². The van der Waals surface area contributed by atoms with Crippen molar-refractivity contribution >= 4 is 22.6 Å². The number of halogens is 1. The summed E-state index contributed by atoms with van der Waals surface area (Å²) in [6.07, 6.45) is 2.29. The Bertz CT molecular complexity index is 302. The molecule has 1 aromatic rings. The minimum Gasteiger partial charge on any atom is -0.328 e. The van der Waals surface area contributed by atoms with Crippen molar-refractivity contribution in [3.63, 3.8) is 0 Å². The third-order valence-electron chi connectivity index (χ3n) is 2.95. The molecule has 0 bridgehead atoms. The van der Waals surface area contributed by atoms with E-state index < -0.39 is 0 Å². The molecule has 1 aromatic carbocycles. The standard InChI is InChI=1S/C12H17IN2/c13-11-3-1-10(2-4-11)9-15-7-5-12(14)6-8-15/h1-4,12H,5-9,14H2. The van der Waals surface area contributed by atoms with Gasteiger partial charge in [-0.05, 0) is 66.2 Å². The highest BCUT2D eigenvalue weighted by Crippen LogP contribution is 2.13. The molecule has 0 unspecified atom stereocenters. The first-order chi connectivity index (χ1) is 7.24. The van der Waals surface area contributed by atoms with Crippen LogP contribution < -0.4 is 5.73 Å². The third kappa shape index (κ3) is 3.43. The second kappa shape index (κ2) is 5.27. The van der Waals surface area contributed by atoms with Crippen molar-refractivity contribution in [1.29, 1.82) is 0 Å². The van der Waals surface area contributed by atoms with Crippen molar-refractivity contribution in [1.82, 2.24) is 4.90 Å². The van der Waals surface area contributed by atoms with Crippen LogP contribution in [0.2, 0.25) is 0 Å². The van der Waals surface area contributed by atoms with Gasteiger partial charge < -0.3 is 5.73 Å². The molecule has 2 N–H and O–H groups in total. The largest absolute Gasteiger partial charge is 0.328 e. The Morgan fingerprint density at radius 2 is 1.80 bits per heavy atom. The molecule has 3 heteroatoms. The zero-order valence-corrected chi connectivity index (χ0v) is 11.0. The fraction of sp³-hybridized carbons (Fsp3) is 0.500. The van der Waals surface area contributed by atoms with Gasteiger partial charge in [-0.15, -0.1) is 0 Å². The molecule has 1 aliphatic rings. The van der Waals surface area contributed by atoms with Crippen LogP contribution in [0.5, 0.6) is 0 Å². The predicted molar refractivity (Wildman–Crippen MR) is 71.6 cm³/mol. The van der Waals surface area contributed by atoms with Crippen molar-refractivity contribution in [3.8, 4) is 0 Å². The molecule has 1 saturated heterocycles. The molecule has 1 heterocycles. The second-order valence-corrected chi connectivity index (χ2v) is 5.49. The fourth-order valence-electron chi connectivity index (χ4n) is 1.96. The summed E-state index contributed by atoms with van der Waals surface area (Å²) in [5.74, 6) is 0. The molecular weight excluding hydrogens is 299 g/mol. The molecule has 0 atom stereocenters. The number of hydrogen-bond donors (Lipinski definition) is 1. The van der Waals surface area contributed by atoms with Gasteiger partial charge in [0.05, 0.1) is 0 Å². The van der Waals surface area contributed by atoms with E-state index in [1.807, 2.05) is 0 Å². The van der Waals surface area contributed by atoms with E-state index in [-0.39, 0.29) is 0 Å². The van der Waals surface area contributed by atoms with Gasteiger partial charge in [0.2, 0.25) is 0 Å². The number of likely N-dealkylation sites (tertiary alicyclic amines) is 1. The smallest absolute Gasteiger partial charge is 0.0233 e. The Hall–Kier alpha value is -0.130. The van der Waals surface area contributed by atoms with Crippen LogP contribution in [-0.4, -0.2) is 24.0 Å². The molecule has 0 spiro atoms. The van der Waals surface area contributed by atoms with Crippen LogP contribution in [0.4, 0.5) is 0 Å². The van der Waals surface area contributed by atoms with E-state index in [1.165, 1.54) is 9.13 Å². The van der Waals surface area contributed by atoms with E-state index in [2.05, 4.69) is 51.8 Å². The third-order valence-corrected chi connectivity index (χ3v) is 3.67. The minimum atomic E-state index is 0.429. The average molecular weight is 316 g/mol. The van der Waals surface area contributed by atoms with E-state index >= 15 is 0 Å². The number of nitrogens with zero attached hydrogens (tertiary/aromatic N) is 1. The second-order valence-electron chi connectivity index (χ2n) is 4.24. The summed E-state index contributed by atoms with van der Waals surface area (Å²) in [7, 11) is 0. The van der Waals surface area contributed by atoms with Crippen molar-refractivity contribution in [2.24, 2.45) is 5.73 Å². The van der Waals surface area contributed by atoms with Crippen molar-refractivity contribution < 1.29 is 0 Å². The Balaban J connectivity index is 1.89. The molecule has 0 aliphatic carbocycles. The van der Waals surface area contributed by atoms with Gasteiger partial charge in [0, 0.05) is 16.2 Å². The number of nitrogens with two attached hydrogens (primary N) is 1. The Morgan fingerprint density at radius 3 is 2.40 bits per heavy atom. The van der Waals surface area contributed by atoms with Crippen LogP contribution >= 0.6 is 22.6 Å². The van der Waals surface area contributed by atoms with Gasteiger partial charge >= 0.3 is 0 Å². The normalized spacial score (nSPS) is 19.3. The van der Waals surface area contributed by atoms with Crippen LogP contribution in [0.15, 0.2) is 24.3 Å². The zero-order chi connectivity index (χ0) is 10.7. The summed E-state index contributed by atoms with van der Waals surface area (Å²) in [6.45, 7) is 3.37. The number of hydrogen-bond acceptors (Lipinski definition) is 2. The average Bonchev–Trinajstić information content (AvgIpc) is 2.25. The minimum absolute atomic E-state index is 0.429. The van der Waals surface area contributed by atoms with E-state index in [9.17, 15) is 0 Å². The highest BCUT2D eigenvalue weighted by molar-refractivity contribution is 14.1. The summed E-state index contributed by atoms with van der Waals surface area (Å²) in [5, 5.41) is 0. The monoisotopic (exact) mass is 316 g/mol. The SMILES string of the molecule is NC1CCN(Cc2ccc(I)cc2)CC1. The van der Waals surface area contributed by atoms with E-state index in [0.29, 0.717) is 6.04 Å². The molecule has 15 heavy (non-hydrogen) atoms. The lowest BCUT2D eigenvalue weighted by Crippen LogP contribution is -2.39. The predicted octanol–water partition coefficient (Wildman–Crippen LogP) is 2.21. The van der Waals surface area contributed by atoms with Crippen LogP contribution in [0.3, 0.4) is 0 Å². The first-order valence-corrected chi connectivity index (χ1v) is 6.54. The van der Waals surface area contributed by atoms with Crippen LogP contribution in [0.1, 0.15) is 18.4 Å². The summed E-state index contributed by atoms with van der Waals surface area (Å²) in [6, 6.07) is 9.21. The van der Waals surface area contributed by atoms with Gasteiger partial charge in [-0.1, -0.05) is 12.1 Å². The molecule has 2 nitrogen and oxygen atoms in total. The van der Waals surface area contributed by atoms with Gasteiger partial charge in [0.15, 0.2) is 0 Å².